The number of carbonyl (C=O) groups is 1. The highest BCUT2D eigenvalue weighted by Gasteiger charge is 2.15. The Hall–Kier alpha value is -2.84. The van der Waals surface area contributed by atoms with Gasteiger partial charge < -0.3 is 15.5 Å². The predicted octanol–water partition coefficient (Wildman–Crippen LogP) is 3.29. The zero-order valence-electron chi connectivity index (χ0n) is 14.2. The van der Waals surface area contributed by atoms with Gasteiger partial charge in [0.25, 0.3) is 0 Å². The first-order chi connectivity index (χ1) is 11.5. The predicted molar refractivity (Wildman–Crippen MR) is 95.8 cm³/mol. The lowest BCUT2D eigenvalue weighted by atomic mass is 10.0. The molecule has 0 heterocycles. The van der Waals surface area contributed by atoms with Crippen molar-refractivity contribution >= 4 is 11.7 Å². The molecule has 0 aromatic heterocycles. The summed E-state index contributed by atoms with van der Waals surface area (Å²) < 4.78 is 0. The number of nitrogens with one attached hydrogen (secondary N) is 2. The summed E-state index contributed by atoms with van der Waals surface area (Å²) in [7, 11) is 3.98. The number of anilines is 1. The van der Waals surface area contributed by atoms with Crippen molar-refractivity contribution in [2.24, 2.45) is 0 Å². The second-order valence-corrected chi connectivity index (χ2v) is 5.91. The van der Waals surface area contributed by atoms with E-state index in [1.165, 1.54) is 5.56 Å². The maximum atomic E-state index is 12.1. The number of likely N-dealkylation sites (N-methyl/N-ethyl adjacent to an activating group) is 1. The third kappa shape index (κ3) is 4.83. The van der Waals surface area contributed by atoms with E-state index >= 15 is 0 Å². The van der Waals surface area contributed by atoms with Crippen LogP contribution in [0.15, 0.2) is 48.5 Å². The first-order valence-corrected chi connectivity index (χ1v) is 7.77. The van der Waals surface area contributed by atoms with Crippen LogP contribution < -0.4 is 10.6 Å². The Morgan fingerprint density at radius 3 is 2.29 bits per heavy atom. The van der Waals surface area contributed by atoms with Crippen molar-refractivity contribution in [2.45, 2.75) is 13.0 Å². The molecule has 2 rings (SSSR count). The fourth-order valence-electron chi connectivity index (χ4n) is 2.38. The van der Waals surface area contributed by atoms with Crippen LogP contribution in [0, 0.1) is 18.3 Å². The van der Waals surface area contributed by atoms with Crippen LogP contribution >= 0.6 is 0 Å². The van der Waals surface area contributed by atoms with Gasteiger partial charge in [-0.3, -0.25) is 0 Å². The largest absolute Gasteiger partial charge is 0.336 e. The Morgan fingerprint density at radius 2 is 1.75 bits per heavy atom. The molecule has 0 radical (unpaired) electrons. The lowest BCUT2D eigenvalue weighted by Crippen LogP contribution is -2.36. The van der Waals surface area contributed by atoms with Crippen LogP contribution in [0.2, 0.25) is 0 Å². The molecule has 0 spiro atoms. The summed E-state index contributed by atoms with van der Waals surface area (Å²) in [6.07, 6.45) is 0. The molecule has 5 nitrogen and oxygen atoms in total. The Bertz CT molecular complexity index is 715. The van der Waals surface area contributed by atoms with Crippen molar-refractivity contribution in [1.82, 2.24) is 10.2 Å². The van der Waals surface area contributed by atoms with Crippen LogP contribution in [0.25, 0.3) is 0 Å². The SMILES string of the molecule is Cc1ccc(C(CNC(=O)Nc2ccc(C#N)cc2)N(C)C)cc1. The van der Waals surface area contributed by atoms with E-state index in [0.717, 1.165) is 5.56 Å². The summed E-state index contributed by atoms with van der Waals surface area (Å²) in [4.78, 5) is 14.1. The van der Waals surface area contributed by atoms with Crippen molar-refractivity contribution in [3.8, 4) is 6.07 Å². The van der Waals surface area contributed by atoms with E-state index < -0.39 is 0 Å². The Morgan fingerprint density at radius 1 is 1.12 bits per heavy atom. The number of nitrogens with zero attached hydrogens (tertiary/aromatic N) is 2. The Labute approximate surface area is 142 Å². The van der Waals surface area contributed by atoms with Crippen LogP contribution in [0.4, 0.5) is 10.5 Å². The van der Waals surface area contributed by atoms with Crippen molar-refractivity contribution < 1.29 is 4.79 Å². The molecule has 0 saturated heterocycles. The van der Waals surface area contributed by atoms with Gasteiger partial charge in [-0.05, 0) is 50.8 Å². The smallest absolute Gasteiger partial charge is 0.319 e. The van der Waals surface area contributed by atoms with Crippen LogP contribution in [0.3, 0.4) is 0 Å². The normalized spacial score (nSPS) is 11.6. The molecule has 1 atom stereocenters. The zero-order valence-corrected chi connectivity index (χ0v) is 14.2. The maximum Gasteiger partial charge on any atom is 0.319 e. The van der Waals surface area contributed by atoms with Crippen molar-refractivity contribution in [1.29, 1.82) is 5.26 Å². The summed E-state index contributed by atoms with van der Waals surface area (Å²) in [5.41, 5.74) is 3.59. The fourth-order valence-corrected chi connectivity index (χ4v) is 2.38. The molecule has 24 heavy (non-hydrogen) atoms. The van der Waals surface area contributed by atoms with Crippen molar-refractivity contribution in [3.63, 3.8) is 0 Å². The van der Waals surface area contributed by atoms with Gasteiger partial charge in [-0.15, -0.1) is 0 Å². The van der Waals surface area contributed by atoms with Crippen LogP contribution in [-0.4, -0.2) is 31.6 Å². The summed E-state index contributed by atoms with van der Waals surface area (Å²) in [6, 6.07) is 17.0. The second kappa shape index (κ2) is 8.14. The zero-order chi connectivity index (χ0) is 17.5. The van der Waals surface area contributed by atoms with E-state index in [9.17, 15) is 4.79 Å². The van der Waals surface area contributed by atoms with E-state index in [2.05, 4.69) is 46.7 Å². The van der Waals surface area contributed by atoms with Crippen LogP contribution in [-0.2, 0) is 0 Å². The molecule has 124 valence electrons. The van der Waals surface area contributed by atoms with Gasteiger partial charge in [0.05, 0.1) is 17.7 Å². The number of hydrogen-bond donors (Lipinski definition) is 2. The molecule has 2 amide bonds. The monoisotopic (exact) mass is 322 g/mol. The minimum atomic E-state index is -0.265. The quantitative estimate of drug-likeness (QED) is 0.887. The highest BCUT2D eigenvalue weighted by molar-refractivity contribution is 5.89. The van der Waals surface area contributed by atoms with E-state index in [4.69, 9.17) is 5.26 Å². The molecular weight excluding hydrogens is 300 g/mol. The van der Waals surface area contributed by atoms with Gasteiger partial charge in [0.15, 0.2) is 0 Å². The van der Waals surface area contributed by atoms with Crippen molar-refractivity contribution in [2.75, 3.05) is 26.0 Å². The molecule has 2 N–H and O–H groups in total. The highest BCUT2D eigenvalue weighted by atomic mass is 16.2. The molecule has 1 unspecified atom stereocenters. The maximum absolute atomic E-state index is 12.1. The van der Waals surface area contributed by atoms with E-state index in [1.54, 1.807) is 24.3 Å². The third-order valence-electron chi connectivity index (χ3n) is 3.81. The average Bonchev–Trinajstić information content (AvgIpc) is 2.57. The molecule has 5 heteroatoms. The molecular formula is C19H22N4O. The molecule has 2 aromatic carbocycles. The number of hydrogen-bond acceptors (Lipinski definition) is 3. The first kappa shape index (κ1) is 17.5. The van der Waals surface area contributed by atoms with E-state index in [1.807, 2.05) is 20.2 Å². The minimum Gasteiger partial charge on any atom is -0.336 e. The number of carbonyl (C=O) groups excluding carboxylic acids is 1. The minimum absolute atomic E-state index is 0.0947. The average molecular weight is 322 g/mol. The van der Waals surface area contributed by atoms with Crippen LogP contribution in [0.1, 0.15) is 22.7 Å². The molecule has 0 aliphatic carbocycles. The summed E-state index contributed by atoms with van der Waals surface area (Å²) in [5, 5.41) is 14.4. The summed E-state index contributed by atoms with van der Waals surface area (Å²) in [6.45, 7) is 2.55. The third-order valence-corrected chi connectivity index (χ3v) is 3.81. The summed E-state index contributed by atoms with van der Waals surface area (Å²) >= 11 is 0. The molecule has 0 saturated carbocycles. The number of aryl methyl sites for hydroxylation is 1. The van der Waals surface area contributed by atoms with E-state index in [0.29, 0.717) is 17.8 Å². The fraction of sp³-hybridized carbons (Fsp3) is 0.263. The van der Waals surface area contributed by atoms with Gasteiger partial charge in [0.1, 0.15) is 0 Å². The van der Waals surface area contributed by atoms with Gasteiger partial charge in [0, 0.05) is 12.2 Å². The molecule has 0 aliphatic heterocycles. The number of benzene rings is 2. The van der Waals surface area contributed by atoms with Gasteiger partial charge in [-0.25, -0.2) is 4.79 Å². The lowest BCUT2D eigenvalue weighted by Gasteiger charge is -2.25. The van der Waals surface area contributed by atoms with Crippen molar-refractivity contribution in [3.05, 3.63) is 65.2 Å². The number of nitriles is 1. The first-order valence-electron chi connectivity index (χ1n) is 7.77. The van der Waals surface area contributed by atoms with Gasteiger partial charge in [-0.2, -0.15) is 5.26 Å². The van der Waals surface area contributed by atoms with Gasteiger partial charge >= 0.3 is 6.03 Å². The lowest BCUT2D eigenvalue weighted by molar-refractivity contribution is 0.243. The van der Waals surface area contributed by atoms with Gasteiger partial charge in [-0.1, -0.05) is 29.8 Å². The van der Waals surface area contributed by atoms with Gasteiger partial charge in [0.2, 0.25) is 0 Å². The topological polar surface area (TPSA) is 68.2 Å². The number of urea groups is 1. The Balaban J connectivity index is 1.94. The molecule has 2 aromatic rings. The number of rotatable bonds is 5. The van der Waals surface area contributed by atoms with Crippen LogP contribution in [0.5, 0.6) is 0 Å². The Kier molecular flexibility index (Phi) is 5.94. The number of amides is 2. The molecule has 0 fully saturated rings. The second-order valence-electron chi connectivity index (χ2n) is 5.91. The molecule has 0 bridgehead atoms. The standard InChI is InChI=1S/C19H22N4O/c1-14-4-8-16(9-5-14)18(23(2)3)13-21-19(24)22-17-10-6-15(12-20)7-11-17/h4-11,18H,13H2,1-3H3,(H2,21,22,24). The molecule has 0 aliphatic rings. The van der Waals surface area contributed by atoms with E-state index in [-0.39, 0.29) is 12.1 Å². The highest BCUT2D eigenvalue weighted by Crippen LogP contribution is 2.18. The summed E-state index contributed by atoms with van der Waals surface area (Å²) in [5.74, 6) is 0.